The number of guanidine groups is 1. The number of esters is 1. The second-order valence-electron chi connectivity index (χ2n) is 7.15. The summed E-state index contributed by atoms with van der Waals surface area (Å²) in [6.45, 7) is 0.675. The summed E-state index contributed by atoms with van der Waals surface area (Å²) in [7, 11) is 0. The maximum atomic E-state index is 12.4. The van der Waals surface area contributed by atoms with Crippen LogP contribution in [-0.2, 0) is 4.79 Å². The van der Waals surface area contributed by atoms with E-state index in [1.165, 1.54) is 0 Å². The van der Waals surface area contributed by atoms with Crippen LogP contribution >= 0.6 is 12.4 Å². The van der Waals surface area contributed by atoms with E-state index in [2.05, 4.69) is 5.32 Å². The zero-order chi connectivity index (χ0) is 19.9. The van der Waals surface area contributed by atoms with Crippen LogP contribution in [0.1, 0.15) is 41.6 Å². The molecule has 0 heterocycles. The van der Waals surface area contributed by atoms with Crippen LogP contribution < -0.4 is 15.8 Å². The fourth-order valence-electron chi connectivity index (χ4n) is 3.49. The molecular formula is C22H26ClN3O3. The summed E-state index contributed by atoms with van der Waals surface area (Å²) in [6.07, 6.45) is 3.36. The van der Waals surface area contributed by atoms with E-state index in [1.807, 2.05) is 18.2 Å². The second kappa shape index (κ2) is 10.6. The molecule has 0 radical (unpaired) electrons. The molecule has 1 saturated carbocycles. The molecule has 3 rings (SSSR count). The first-order chi connectivity index (χ1) is 13.5. The van der Waals surface area contributed by atoms with Crippen LogP contribution in [0.25, 0.3) is 0 Å². The molecule has 0 unspecified atom stereocenters. The fraction of sp³-hybridized carbons (Fsp3) is 0.318. The Balaban J connectivity index is 0.00000300. The van der Waals surface area contributed by atoms with E-state index in [4.69, 9.17) is 15.9 Å². The molecule has 0 amide bonds. The molecule has 0 bridgehead atoms. The molecule has 154 valence electrons. The molecule has 0 aromatic heterocycles. The van der Waals surface area contributed by atoms with Crippen molar-refractivity contribution in [2.75, 3.05) is 6.54 Å². The van der Waals surface area contributed by atoms with Crippen molar-refractivity contribution in [3.8, 4) is 5.75 Å². The van der Waals surface area contributed by atoms with Gasteiger partial charge in [0.1, 0.15) is 5.75 Å². The molecule has 0 spiro atoms. The Morgan fingerprint density at radius 3 is 2.14 bits per heavy atom. The molecule has 1 fully saturated rings. The van der Waals surface area contributed by atoms with Gasteiger partial charge in [0, 0.05) is 17.7 Å². The molecule has 6 nitrogen and oxygen atoms in total. The first kappa shape index (κ1) is 22.4. The van der Waals surface area contributed by atoms with Crippen LogP contribution in [0.3, 0.4) is 0 Å². The van der Waals surface area contributed by atoms with E-state index in [1.54, 1.807) is 36.4 Å². The van der Waals surface area contributed by atoms with Gasteiger partial charge in [0.25, 0.3) is 0 Å². The molecular weight excluding hydrogens is 390 g/mol. The topological polar surface area (TPSA) is 105 Å². The lowest BCUT2D eigenvalue weighted by Gasteiger charge is -2.27. The molecule has 1 aliphatic carbocycles. The van der Waals surface area contributed by atoms with Gasteiger partial charge in [-0.1, -0.05) is 30.3 Å². The molecule has 2 aromatic carbocycles. The van der Waals surface area contributed by atoms with Crippen LogP contribution in [0.15, 0.2) is 54.6 Å². The number of halogens is 1. The molecule has 29 heavy (non-hydrogen) atoms. The van der Waals surface area contributed by atoms with E-state index in [0.717, 1.165) is 25.7 Å². The van der Waals surface area contributed by atoms with Gasteiger partial charge in [0.2, 0.25) is 0 Å². The van der Waals surface area contributed by atoms with E-state index in [0.29, 0.717) is 29.3 Å². The summed E-state index contributed by atoms with van der Waals surface area (Å²) in [6, 6.07) is 15.8. The van der Waals surface area contributed by atoms with E-state index in [-0.39, 0.29) is 36.0 Å². The summed E-state index contributed by atoms with van der Waals surface area (Å²) in [5.41, 5.74) is 6.50. The SMILES string of the molecule is Cl.N=C(N)NC[C@H]1CC[C@H](C(=O)Oc2ccc(C(=O)c3ccccc3)cc2)CC1. The van der Waals surface area contributed by atoms with Crippen molar-refractivity contribution in [1.82, 2.24) is 5.32 Å². The van der Waals surface area contributed by atoms with Crippen molar-refractivity contribution in [1.29, 1.82) is 5.41 Å². The zero-order valence-corrected chi connectivity index (χ0v) is 16.9. The minimum atomic E-state index is -0.222. The summed E-state index contributed by atoms with van der Waals surface area (Å²) < 4.78 is 5.51. The summed E-state index contributed by atoms with van der Waals surface area (Å²) in [5.74, 6) is 0.470. The van der Waals surface area contributed by atoms with Gasteiger partial charge >= 0.3 is 5.97 Å². The predicted octanol–water partition coefficient (Wildman–Crippen LogP) is 3.53. The number of ketones is 1. The van der Waals surface area contributed by atoms with Crippen molar-refractivity contribution in [3.63, 3.8) is 0 Å². The quantitative estimate of drug-likeness (QED) is 0.220. The van der Waals surface area contributed by atoms with Crippen LogP contribution in [0, 0.1) is 17.2 Å². The number of nitrogens with two attached hydrogens (primary N) is 1. The van der Waals surface area contributed by atoms with Crippen molar-refractivity contribution in [2.45, 2.75) is 25.7 Å². The third-order valence-corrected chi connectivity index (χ3v) is 5.13. The molecule has 7 heteroatoms. The molecule has 0 atom stereocenters. The minimum absolute atomic E-state index is 0. The first-order valence-corrected chi connectivity index (χ1v) is 9.52. The Kier molecular flexibility index (Phi) is 8.21. The Morgan fingerprint density at radius 1 is 0.966 bits per heavy atom. The lowest BCUT2D eigenvalue weighted by atomic mass is 9.82. The van der Waals surface area contributed by atoms with E-state index < -0.39 is 0 Å². The lowest BCUT2D eigenvalue weighted by molar-refractivity contribution is -0.140. The van der Waals surface area contributed by atoms with E-state index in [9.17, 15) is 9.59 Å². The maximum absolute atomic E-state index is 12.4. The molecule has 0 aliphatic heterocycles. The Labute approximate surface area is 176 Å². The van der Waals surface area contributed by atoms with Gasteiger partial charge in [-0.15, -0.1) is 12.4 Å². The third-order valence-electron chi connectivity index (χ3n) is 5.13. The highest BCUT2D eigenvalue weighted by Gasteiger charge is 2.27. The van der Waals surface area contributed by atoms with Crippen LogP contribution in [0.5, 0.6) is 5.75 Å². The van der Waals surface area contributed by atoms with E-state index >= 15 is 0 Å². The largest absolute Gasteiger partial charge is 0.426 e. The van der Waals surface area contributed by atoms with Crippen molar-refractivity contribution in [3.05, 3.63) is 65.7 Å². The molecule has 1 aliphatic rings. The average molecular weight is 416 g/mol. The molecule has 2 aromatic rings. The highest BCUT2D eigenvalue weighted by atomic mass is 35.5. The van der Waals surface area contributed by atoms with Crippen LogP contribution in [0.2, 0.25) is 0 Å². The Bertz CT molecular complexity index is 832. The number of ether oxygens (including phenoxy) is 1. The van der Waals surface area contributed by atoms with Gasteiger partial charge in [-0.2, -0.15) is 0 Å². The zero-order valence-electron chi connectivity index (χ0n) is 16.1. The number of nitrogens with one attached hydrogen (secondary N) is 2. The van der Waals surface area contributed by atoms with Gasteiger partial charge in [-0.05, 0) is 55.9 Å². The van der Waals surface area contributed by atoms with Gasteiger partial charge in [0.15, 0.2) is 11.7 Å². The third kappa shape index (κ3) is 6.32. The number of benzene rings is 2. The Hall–Kier alpha value is -2.86. The van der Waals surface area contributed by atoms with Gasteiger partial charge in [-0.25, -0.2) is 0 Å². The highest BCUT2D eigenvalue weighted by molar-refractivity contribution is 6.09. The normalized spacial score (nSPS) is 18.2. The summed E-state index contributed by atoms with van der Waals surface area (Å²) in [5, 5.41) is 10.1. The van der Waals surface area contributed by atoms with Gasteiger partial charge < -0.3 is 15.8 Å². The average Bonchev–Trinajstić information content (AvgIpc) is 2.73. The van der Waals surface area contributed by atoms with Crippen LogP contribution in [0.4, 0.5) is 0 Å². The van der Waals surface area contributed by atoms with Gasteiger partial charge in [0.05, 0.1) is 5.92 Å². The minimum Gasteiger partial charge on any atom is -0.426 e. The monoisotopic (exact) mass is 415 g/mol. The predicted molar refractivity (Wildman–Crippen MR) is 115 cm³/mol. The lowest BCUT2D eigenvalue weighted by Crippen LogP contribution is -2.36. The van der Waals surface area contributed by atoms with Crippen molar-refractivity contribution in [2.24, 2.45) is 17.6 Å². The molecule has 0 saturated heterocycles. The van der Waals surface area contributed by atoms with Gasteiger partial charge in [-0.3, -0.25) is 15.0 Å². The number of rotatable bonds is 6. The fourth-order valence-corrected chi connectivity index (χ4v) is 3.49. The summed E-state index contributed by atoms with van der Waals surface area (Å²) in [4.78, 5) is 24.8. The number of carbonyl (C=O) groups is 2. The highest BCUT2D eigenvalue weighted by Crippen LogP contribution is 2.29. The maximum Gasteiger partial charge on any atom is 0.314 e. The smallest absolute Gasteiger partial charge is 0.314 e. The van der Waals surface area contributed by atoms with Crippen molar-refractivity contribution < 1.29 is 14.3 Å². The van der Waals surface area contributed by atoms with Crippen molar-refractivity contribution >= 4 is 30.1 Å². The summed E-state index contributed by atoms with van der Waals surface area (Å²) >= 11 is 0. The number of carbonyl (C=O) groups excluding carboxylic acids is 2. The standard InChI is InChI=1S/C22H25N3O3.ClH/c23-22(24)25-14-15-6-8-18(9-7-15)21(27)28-19-12-10-17(11-13-19)20(26)16-4-2-1-3-5-16;/h1-5,10-13,15,18H,6-9,14H2,(H4,23,24,25);1H/t15-,18-;. The second-order valence-corrected chi connectivity index (χ2v) is 7.15. The number of hydrogen-bond acceptors (Lipinski definition) is 4. The number of hydrogen-bond donors (Lipinski definition) is 3. The molecule has 4 N–H and O–H groups in total. The first-order valence-electron chi connectivity index (χ1n) is 9.52. The Morgan fingerprint density at radius 2 is 1.55 bits per heavy atom. The van der Waals surface area contributed by atoms with Crippen LogP contribution in [-0.4, -0.2) is 24.3 Å².